The van der Waals surface area contributed by atoms with Crippen molar-refractivity contribution in [2.45, 2.75) is 19.8 Å². The Kier molecular flexibility index (Phi) is 3.72. The maximum absolute atomic E-state index is 14.1. The predicted octanol–water partition coefficient (Wildman–Crippen LogP) is 6.62. The van der Waals surface area contributed by atoms with Crippen molar-refractivity contribution in [3.8, 4) is 0 Å². The van der Waals surface area contributed by atoms with Crippen LogP contribution in [0.2, 0.25) is 0 Å². The highest BCUT2D eigenvalue weighted by molar-refractivity contribution is 6.09. The smallest absolute Gasteiger partial charge is 0.171 e. The Balaban J connectivity index is 1.85. The summed E-state index contributed by atoms with van der Waals surface area (Å²) < 4.78 is 20.0. The van der Waals surface area contributed by atoms with Gasteiger partial charge in [-0.25, -0.2) is 4.39 Å². The zero-order chi connectivity index (χ0) is 17.6. The molecule has 0 unspecified atom stereocenters. The Morgan fingerprint density at radius 2 is 1.48 bits per heavy atom. The second-order valence-electron chi connectivity index (χ2n) is 6.68. The fraction of sp³-hybridized carbons (Fsp3) is 0.182. The van der Waals surface area contributed by atoms with Gasteiger partial charge in [-0.15, -0.1) is 0 Å². The molecule has 0 aliphatic rings. The van der Waals surface area contributed by atoms with Gasteiger partial charge in [0.05, 0.1) is 5.69 Å². The maximum atomic E-state index is 14.1. The fourth-order valence-electron chi connectivity index (χ4n) is 3.26. The van der Waals surface area contributed by atoms with Gasteiger partial charge < -0.3 is 9.32 Å². The predicted molar refractivity (Wildman–Crippen MR) is 102 cm³/mol. The van der Waals surface area contributed by atoms with E-state index in [1.165, 1.54) is 11.6 Å². The van der Waals surface area contributed by atoms with Crippen LogP contribution < -0.4 is 4.90 Å². The molecule has 3 heteroatoms. The Labute approximate surface area is 146 Å². The summed E-state index contributed by atoms with van der Waals surface area (Å²) in [5.74, 6) is 0.171. The van der Waals surface area contributed by atoms with Gasteiger partial charge in [0, 0.05) is 23.5 Å². The van der Waals surface area contributed by atoms with E-state index in [1.807, 2.05) is 31.3 Å². The van der Waals surface area contributed by atoms with Crippen molar-refractivity contribution in [1.29, 1.82) is 0 Å². The first-order chi connectivity index (χ1) is 12.1. The number of fused-ring (bicyclic) bond motifs is 3. The Bertz CT molecular complexity index is 1050. The third-order valence-corrected chi connectivity index (χ3v) is 4.76. The minimum atomic E-state index is -0.330. The van der Waals surface area contributed by atoms with E-state index in [0.29, 0.717) is 17.1 Å². The molecule has 0 saturated carbocycles. The summed E-state index contributed by atoms with van der Waals surface area (Å²) in [5.41, 5.74) is 4.32. The first kappa shape index (κ1) is 15.7. The summed E-state index contributed by atoms with van der Waals surface area (Å²) in [6, 6.07) is 19.5. The first-order valence-corrected chi connectivity index (χ1v) is 8.49. The Morgan fingerprint density at radius 3 is 2.16 bits per heavy atom. The largest absolute Gasteiger partial charge is 0.451 e. The molecule has 25 heavy (non-hydrogen) atoms. The van der Waals surface area contributed by atoms with Crippen LogP contribution in [-0.4, -0.2) is 7.05 Å². The lowest BCUT2D eigenvalue weighted by atomic mass is 10.0. The van der Waals surface area contributed by atoms with Crippen molar-refractivity contribution in [2.75, 3.05) is 11.9 Å². The summed E-state index contributed by atoms with van der Waals surface area (Å²) >= 11 is 0. The lowest BCUT2D eigenvalue weighted by Crippen LogP contribution is -2.09. The van der Waals surface area contributed by atoms with Gasteiger partial charge in [-0.3, -0.25) is 0 Å². The molecule has 0 fully saturated rings. The summed E-state index contributed by atoms with van der Waals surface area (Å²) in [6.45, 7) is 4.37. The Morgan fingerprint density at radius 1 is 0.840 bits per heavy atom. The molecule has 0 atom stereocenters. The van der Waals surface area contributed by atoms with Crippen LogP contribution in [0.5, 0.6) is 0 Å². The van der Waals surface area contributed by atoms with Gasteiger partial charge >= 0.3 is 0 Å². The molecule has 126 valence electrons. The van der Waals surface area contributed by atoms with Crippen LogP contribution in [0.4, 0.5) is 15.8 Å². The van der Waals surface area contributed by atoms with Crippen LogP contribution in [0.3, 0.4) is 0 Å². The Hall–Kier alpha value is -2.81. The van der Waals surface area contributed by atoms with Gasteiger partial charge in [0.1, 0.15) is 0 Å². The number of furan rings is 1. The highest BCUT2D eigenvalue weighted by atomic mass is 19.1. The molecule has 0 bridgehead atoms. The number of hydrogen-bond acceptors (Lipinski definition) is 2. The number of para-hydroxylation sites is 2. The van der Waals surface area contributed by atoms with Crippen LogP contribution in [0.1, 0.15) is 25.3 Å². The average molecular weight is 333 g/mol. The van der Waals surface area contributed by atoms with E-state index in [0.717, 1.165) is 22.1 Å². The lowest BCUT2D eigenvalue weighted by Gasteiger charge is -2.20. The zero-order valence-corrected chi connectivity index (χ0v) is 14.6. The molecule has 0 spiro atoms. The van der Waals surface area contributed by atoms with Gasteiger partial charge in [-0.1, -0.05) is 50.2 Å². The van der Waals surface area contributed by atoms with E-state index in [-0.39, 0.29) is 5.82 Å². The number of halogens is 1. The third kappa shape index (κ3) is 2.56. The van der Waals surface area contributed by atoms with Crippen LogP contribution in [0.25, 0.3) is 21.9 Å². The minimum Gasteiger partial charge on any atom is -0.451 e. The molecule has 1 aromatic heterocycles. The number of benzene rings is 3. The molecule has 4 rings (SSSR count). The molecular weight excluding hydrogens is 313 g/mol. The van der Waals surface area contributed by atoms with E-state index in [4.69, 9.17) is 4.42 Å². The molecule has 0 radical (unpaired) electrons. The standard InChI is InChI=1S/C22H20FNO/c1-14(2)15-10-12-16(13-11-15)24(3)20-9-5-7-18-17-6-4-8-19(23)21(17)25-22(18)20/h4-14H,1-3H3. The third-order valence-electron chi connectivity index (χ3n) is 4.76. The second kappa shape index (κ2) is 5.92. The van der Waals surface area contributed by atoms with Gasteiger partial charge in [0.25, 0.3) is 0 Å². The first-order valence-electron chi connectivity index (χ1n) is 8.49. The van der Waals surface area contributed by atoms with E-state index in [1.54, 1.807) is 6.07 Å². The number of nitrogens with zero attached hydrogens (tertiary/aromatic N) is 1. The fourth-order valence-corrected chi connectivity index (χ4v) is 3.26. The molecule has 1 heterocycles. The van der Waals surface area contributed by atoms with Crippen molar-refractivity contribution >= 4 is 33.3 Å². The van der Waals surface area contributed by atoms with Gasteiger partial charge in [0.15, 0.2) is 17.0 Å². The van der Waals surface area contributed by atoms with E-state index in [2.05, 4.69) is 43.0 Å². The average Bonchev–Trinajstić information content (AvgIpc) is 3.01. The minimum absolute atomic E-state index is 0.313. The van der Waals surface area contributed by atoms with Crippen LogP contribution in [-0.2, 0) is 0 Å². The molecule has 0 amide bonds. The van der Waals surface area contributed by atoms with E-state index < -0.39 is 0 Å². The van der Waals surface area contributed by atoms with E-state index in [9.17, 15) is 4.39 Å². The van der Waals surface area contributed by atoms with Crippen molar-refractivity contribution in [3.63, 3.8) is 0 Å². The van der Waals surface area contributed by atoms with Gasteiger partial charge in [-0.05, 0) is 35.7 Å². The molecule has 0 saturated heterocycles. The number of rotatable bonds is 3. The topological polar surface area (TPSA) is 16.4 Å². The number of hydrogen-bond donors (Lipinski definition) is 0. The monoisotopic (exact) mass is 333 g/mol. The van der Waals surface area contributed by atoms with Crippen molar-refractivity contribution in [1.82, 2.24) is 0 Å². The van der Waals surface area contributed by atoms with E-state index >= 15 is 0 Å². The molecule has 3 aromatic carbocycles. The summed E-state index contributed by atoms with van der Waals surface area (Å²) in [4.78, 5) is 2.08. The summed E-state index contributed by atoms with van der Waals surface area (Å²) in [7, 11) is 2.00. The highest BCUT2D eigenvalue weighted by Gasteiger charge is 2.16. The molecule has 4 aromatic rings. The molecule has 0 aliphatic heterocycles. The molecule has 2 nitrogen and oxygen atoms in total. The van der Waals surface area contributed by atoms with Crippen LogP contribution >= 0.6 is 0 Å². The molecular formula is C22H20FNO. The van der Waals surface area contributed by atoms with Gasteiger partial charge in [0.2, 0.25) is 0 Å². The van der Waals surface area contributed by atoms with Crippen molar-refractivity contribution in [2.24, 2.45) is 0 Å². The molecule has 0 aliphatic carbocycles. The number of anilines is 2. The van der Waals surface area contributed by atoms with Gasteiger partial charge in [-0.2, -0.15) is 0 Å². The second-order valence-corrected chi connectivity index (χ2v) is 6.68. The maximum Gasteiger partial charge on any atom is 0.171 e. The van der Waals surface area contributed by atoms with Crippen molar-refractivity contribution in [3.05, 3.63) is 72.0 Å². The SMILES string of the molecule is CC(C)c1ccc(N(C)c2cccc3c2oc2c(F)cccc23)cc1. The molecule has 0 N–H and O–H groups in total. The highest BCUT2D eigenvalue weighted by Crippen LogP contribution is 2.38. The zero-order valence-electron chi connectivity index (χ0n) is 14.6. The normalized spacial score (nSPS) is 11.6. The lowest BCUT2D eigenvalue weighted by molar-refractivity contribution is 0.584. The summed E-state index contributed by atoms with van der Waals surface area (Å²) in [5, 5.41) is 1.73. The quantitative estimate of drug-likeness (QED) is 0.419. The van der Waals surface area contributed by atoms with Crippen LogP contribution in [0, 0.1) is 5.82 Å². The van der Waals surface area contributed by atoms with Crippen LogP contribution in [0.15, 0.2) is 65.1 Å². The summed E-state index contributed by atoms with van der Waals surface area (Å²) in [6.07, 6.45) is 0. The van der Waals surface area contributed by atoms with Crippen molar-refractivity contribution < 1.29 is 8.81 Å².